The summed E-state index contributed by atoms with van der Waals surface area (Å²) in [5, 5.41) is 22.7. The second-order valence-corrected chi connectivity index (χ2v) is 4.81. The van der Waals surface area contributed by atoms with Gasteiger partial charge >= 0.3 is 11.7 Å². The highest BCUT2D eigenvalue weighted by Gasteiger charge is 2.20. The van der Waals surface area contributed by atoms with Crippen molar-refractivity contribution >= 4 is 17.5 Å². The van der Waals surface area contributed by atoms with Gasteiger partial charge in [0.1, 0.15) is 17.6 Å². The molecular formula is C13H20N4O4. The van der Waals surface area contributed by atoms with Crippen LogP contribution in [0.4, 0.5) is 11.5 Å². The minimum absolute atomic E-state index is 0.315. The number of carboxylic acids is 1. The third kappa shape index (κ3) is 4.67. The van der Waals surface area contributed by atoms with Crippen molar-refractivity contribution in [3.63, 3.8) is 0 Å². The first-order valence-electron chi connectivity index (χ1n) is 6.68. The quantitative estimate of drug-likeness (QED) is 0.556. The summed E-state index contributed by atoms with van der Waals surface area (Å²) >= 11 is 0. The molecule has 8 nitrogen and oxygen atoms in total. The van der Waals surface area contributed by atoms with Crippen molar-refractivity contribution in [3.05, 3.63) is 27.9 Å². The molecule has 0 aliphatic carbocycles. The lowest BCUT2D eigenvalue weighted by Crippen LogP contribution is -2.32. The van der Waals surface area contributed by atoms with Crippen LogP contribution < -0.4 is 5.32 Å². The summed E-state index contributed by atoms with van der Waals surface area (Å²) in [4.78, 5) is 27.0. The Morgan fingerprint density at radius 3 is 2.81 bits per heavy atom. The number of hydrogen-bond acceptors (Lipinski definition) is 6. The minimum Gasteiger partial charge on any atom is -0.477 e. The van der Waals surface area contributed by atoms with Gasteiger partial charge in [-0.15, -0.1) is 0 Å². The van der Waals surface area contributed by atoms with Gasteiger partial charge in [-0.05, 0) is 20.4 Å². The van der Waals surface area contributed by atoms with Gasteiger partial charge in [0.25, 0.3) is 0 Å². The van der Waals surface area contributed by atoms with Crippen molar-refractivity contribution in [2.45, 2.75) is 26.3 Å². The van der Waals surface area contributed by atoms with Crippen LogP contribution >= 0.6 is 0 Å². The Balaban J connectivity index is 2.71. The van der Waals surface area contributed by atoms with Gasteiger partial charge in [0.2, 0.25) is 0 Å². The van der Waals surface area contributed by atoms with E-state index in [0.717, 1.165) is 19.2 Å². The molecule has 0 saturated heterocycles. The molecule has 0 spiro atoms. The van der Waals surface area contributed by atoms with Crippen molar-refractivity contribution in [3.8, 4) is 0 Å². The average molecular weight is 296 g/mol. The van der Waals surface area contributed by atoms with E-state index in [0.29, 0.717) is 18.4 Å². The maximum atomic E-state index is 11.0. The SMILES string of the molecule is CCC(C)N(C)CCNc1cc(C(=O)O)c([N+](=O)[O-])cn1. The fraction of sp³-hybridized carbons (Fsp3) is 0.538. The normalized spacial score (nSPS) is 12.2. The number of nitrogens with zero attached hydrogens (tertiary/aromatic N) is 3. The van der Waals surface area contributed by atoms with Gasteiger partial charge in [-0.2, -0.15) is 0 Å². The van der Waals surface area contributed by atoms with Gasteiger partial charge in [-0.3, -0.25) is 10.1 Å². The van der Waals surface area contributed by atoms with Gasteiger partial charge in [0.15, 0.2) is 0 Å². The Labute approximate surface area is 122 Å². The molecule has 8 heteroatoms. The number of rotatable bonds is 8. The lowest BCUT2D eigenvalue weighted by atomic mass is 10.2. The molecule has 0 aliphatic rings. The lowest BCUT2D eigenvalue weighted by Gasteiger charge is -2.23. The lowest BCUT2D eigenvalue weighted by molar-refractivity contribution is -0.385. The molecule has 116 valence electrons. The first-order chi connectivity index (χ1) is 9.86. The second kappa shape index (κ2) is 7.53. The maximum absolute atomic E-state index is 11.0. The van der Waals surface area contributed by atoms with Crippen LogP contribution in [-0.2, 0) is 0 Å². The van der Waals surface area contributed by atoms with Crippen molar-refractivity contribution in [2.24, 2.45) is 0 Å². The van der Waals surface area contributed by atoms with Gasteiger partial charge in [0, 0.05) is 25.2 Å². The number of carboxylic acid groups (broad SMARTS) is 1. The third-order valence-electron chi connectivity index (χ3n) is 3.42. The molecule has 0 aromatic carbocycles. The number of carbonyl (C=O) groups is 1. The van der Waals surface area contributed by atoms with E-state index in [4.69, 9.17) is 5.11 Å². The van der Waals surface area contributed by atoms with Crippen LogP contribution in [0.5, 0.6) is 0 Å². The van der Waals surface area contributed by atoms with Crippen LogP contribution in [-0.4, -0.2) is 52.1 Å². The zero-order valence-corrected chi connectivity index (χ0v) is 12.4. The van der Waals surface area contributed by atoms with Crippen LogP contribution in [0.3, 0.4) is 0 Å². The molecule has 1 atom stereocenters. The highest BCUT2D eigenvalue weighted by molar-refractivity contribution is 5.93. The highest BCUT2D eigenvalue weighted by Crippen LogP contribution is 2.20. The molecular weight excluding hydrogens is 276 g/mol. The summed E-state index contributed by atoms with van der Waals surface area (Å²) in [6, 6.07) is 1.63. The molecule has 1 aromatic heterocycles. The molecule has 0 radical (unpaired) electrons. The molecule has 21 heavy (non-hydrogen) atoms. The number of nitrogens with one attached hydrogen (secondary N) is 1. The van der Waals surface area contributed by atoms with Crippen molar-refractivity contribution in [1.29, 1.82) is 0 Å². The minimum atomic E-state index is -1.34. The third-order valence-corrected chi connectivity index (χ3v) is 3.42. The Morgan fingerprint density at radius 2 is 2.29 bits per heavy atom. The van der Waals surface area contributed by atoms with E-state index in [1.807, 2.05) is 7.05 Å². The van der Waals surface area contributed by atoms with E-state index < -0.39 is 16.6 Å². The average Bonchev–Trinajstić information content (AvgIpc) is 2.45. The number of aromatic carboxylic acids is 1. The molecule has 0 aliphatic heterocycles. The van der Waals surface area contributed by atoms with Gasteiger partial charge < -0.3 is 15.3 Å². The molecule has 1 rings (SSSR count). The Morgan fingerprint density at radius 1 is 1.62 bits per heavy atom. The summed E-state index contributed by atoms with van der Waals surface area (Å²) in [7, 11) is 2.00. The van der Waals surface area contributed by atoms with E-state index in [2.05, 4.69) is 29.0 Å². The van der Waals surface area contributed by atoms with Gasteiger partial charge in [0.05, 0.1) is 4.92 Å². The molecule has 0 fully saturated rings. The van der Waals surface area contributed by atoms with Gasteiger partial charge in [-0.1, -0.05) is 6.92 Å². The topological polar surface area (TPSA) is 109 Å². The predicted molar refractivity (Wildman–Crippen MR) is 78.7 cm³/mol. The molecule has 1 unspecified atom stereocenters. The number of pyridine rings is 1. The van der Waals surface area contributed by atoms with Crippen LogP contribution in [0, 0.1) is 10.1 Å². The van der Waals surface area contributed by atoms with Crippen molar-refractivity contribution in [1.82, 2.24) is 9.88 Å². The van der Waals surface area contributed by atoms with Gasteiger partial charge in [-0.25, -0.2) is 9.78 Å². The standard InChI is InChI=1S/C13H20N4O4/c1-4-9(2)16(3)6-5-14-12-7-10(13(18)19)11(8-15-12)17(20)21/h7-9H,4-6H2,1-3H3,(H,14,15)(H,18,19). The van der Waals surface area contributed by atoms with Crippen LogP contribution in [0.2, 0.25) is 0 Å². The first kappa shape index (κ1) is 16.8. The van der Waals surface area contributed by atoms with Crippen molar-refractivity contribution in [2.75, 3.05) is 25.5 Å². The Hall–Kier alpha value is -2.22. The van der Waals surface area contributed by atoms with Crippen LogP contribution in [0.1, 0.15) is 30.6 Å². The van der Waals surface area contributed by atoms with Crippen molar-refractivity contribution < 1.29 is 14.8 Å². The molecule has 0 saturated carbocycles. The largest absolute Gasteiger partial charge is 0.477 e. The van der Waals surface area contributed by atoms with E-state index in [1.165, 1.54) is 6.07 Å². The zero-order chi connectivity index (χ0) is 16.0. The number of nitro groups is 1. The highest BCUT2D eigenvalue weighted by atomic mass is 16.6. The summed E-state index contributed by atoms with van der Waals surface area (Å²) in [5.41, 5.74) is -0.877. The Bertz CT molecular complexity index is 521. The smallest absolute Gasteiger partial charge is 0.342 e. The number of aromatic nitrogens is 1. The zero-order valence-electron chi connectivity index (χ0n) is 12.4. The molecule has 0 amide bonds. The van der Waals surface area contributed by atoms with Crippen LogP contribution in [0.15, 0.2) is 12.3 Å². The summed E-state index contributed by atoms with van der Waals surface area (Å²) < 4.78 is 0. The molecule has 1 heterocycles. The number of anilines is 1. The Kier molecular flexibility index (Phi) is 6.04. The fourth-order valence-corrected chi connectivity index (χ4v) is 1.75. The molecule has 2 N–H and O–H groups in total. The monoisotopic (exact) mass is 296 g/mol. The van der Waals surface area contributed by atoms with E-state index >= 15 is 0 Å². The fourth-order valence-electron chi connectivity index (χ4n) is 1.75. The number of hydrogen-bond donors (Lipinski definition) is 2. The predicted octanol–water partition coefficient (Wildman–Crippen LogP) is 1.83. The second-order valence-electron chi connectivity index (χ2n) is 4.81. The summed E-state index contributed by atoms with van der Waals surface area (Å²) in [6.07, 6.45) is 2.00. The molecule has 1 aromatic rings. The summed E-state index contributed by atoms with van der Waals surface area (Å²) in [6.45, 7) is 5.55. The first-order valence-corrected chi connectivity index (χ1v) is 6.68. The van der Waals surface area contributed by atoms with E-state index in [1.54, 1.807) is 0 Å². The molecule has 0 bridgehead atoms. The summed E-state index contributed by atoms with van der Waals surface area (Å²) in [5.74, 6) is -1.03. The number of likely N-dealkylation sites (N-methyl/N-ethyl adjacent to an activating group) is 1. The van der Waals surface area contributed by atoms with E-state index in [9.17, 15) is 14.9 Å². The van der Waals surface area contributed by atoms with Crippen LogP contribution in [0.25, 0.3) is 0 Å². The van der Waals surface area contributed by atoms with E-state index in [-0.39, 0.29) is 5.56 Å². The maximum Gasteiger partial charge on any atom is 0.342 e.